The van der Waals surface area contributed by atoms with Gasteiger partial charge in [-0.1, -0.05) is 30.3 Å². The standard InChI is InChI=1S/C17H14ClN3O6S2/c1-2-29(25,26)11-4-6-15-13(8-11)20-17(27-15)28-9-16(22)19-12-7-10(18)3-5-14(12)21(23)24/h3-8H,2,9H2,1H3,(H,19,22). The molecule has 0 saturated heterocycles. The van der Waals surface area contributed by atoms with Gasteiger partial charge < -0.3 is 9.73 Å². The Morgan fingerprint density at radius 1 is 1.31 bits per heavy atom. The lowest BCUT2D eigenvalue weighted by Gasteiger charge is -2.05. The minimum absolute atomic E-state index is 0.0138. The predicted molar refractivity (Wildman–Crippen MR) is 109 cm³/mol. The summed E-state index contributed by atoms with van der Waals surface area (Å²) in [6, 6.07) is 8.20. The van der Waals surface area contributed by atoms with Crippen LogP contribution in [0.3, 0.4) is 0 Å². The van der Waals surface area contributed by atoms with Gasteiger partial charge in [-0.3, -0.25) is 14.9 Å². The molecule has 0 radical (unpaired) electrons. The zero-order valence-corrected chi connectivity index (χ0v) is 17.3. The molecule has 12 heteroatoms. The van der Waals surface area contributed by atoms with Crippen LogP contribution in [0, 0.1) is 10.1 Å². The fourth-order valence-corrected chi connectivity index (χ4v) is 4.10. The number of amides is 1. The molecule has 0 unspecified atom stereocenters. The highest BCUT2D eigenvalue weighted by Crippen LogP contribution is 2.29. The van der Waals surface area contributed by atoms with Gasteiger partial charge in [-0.25, -0.2) is 13.4 Å². The van der Waals surface area contributed by atoms with Crippen molar-refractivity contribution in [1.29, 1.82) is 0 Å². The number of aromatic nitrogens is 1. The first kappa shape index (κ1) is 21.1. The van der Waals surface area contributed by atoms with E-state index in [4.69, 9.17) is 16.0 Å². The van der Waals surface area contributed by atoms with Crippen LogP contribution in [0.1, 0.15) is 6.92 Å². The second-order valence-electron chi connectivity index (χ2n) is 5.77. The average molecular weight is 456 g/mol. The third kappa shape index (κ3) is 4.86. The van der Waals surface area contributed by atoms with Crippen LogP contribution in [0.4, 0.5) is 11.4 Å². The summed E-state index contributed by atoms with van der Waals surface area (Å²) in [7, 11) is -3.37. The molecule has 0 aliphatic rings. The summed E-state index contributed by atoms with van der Waals surface area (Å²) >= 11 is 6.80. The third-order valence-corrected chi connectivity index (χ3v) is 6.63. The van der Waals surface area contributed by atoms with E-state index in [1.165, 1.54) is 36.4 Å². The number of carbonyl (C=O) groups is 1. The van der Waals surface area contributed by atoms with Gasteiger partial charge in [-0.2, -0.15) is 0 Å². The second-order valence-corrected chi connectivity index (χ2v) is 9.41. The van der Waals surface area contributed by atoms with E-state index < -0.39 is 20.7 Å². The Kier molecular flexibility index (Phi) is 6.10. The van der Waals surface area contributed by atoms with Crippen molar-refractivity contribution < 1.29 is 22.6 Å². The molecule has 29 heavy (non-hydrogen) atoms. The summed E-state index contributed by atoms with van der Waals surface area (Å²) in [6.45, 7) is 1.55. The molecule has 1 amide bonds. The maximum absolute atomic E-state index is 12.2. The van der Waals surface area contributed by atoms with Gasteiger partial charge in [-0.05, 0) is 30.3 Å². The van der Waals surface area contributed by atoms with E-state index in [-0.39, 0.29) is 38.0 Å². The van der Waals surface area contributed by atoms with Crippen LogP contribution in [-0.4, -0.2) is 35.7 Å². The largest absolute Gasteiger partial charge is 0.431 e. The van der Waals surface area contributed by atoms with Crippen molar-refractivity contribution in [3.63, 3.8) is 0 Å². The van der Waals surface area contributed by atoms with Gasteiger partial charge in [0.2, 0.25) is 5.91 Å². The fourth-order valence-electron chi connectivity index (χ4n) is 2.39. The van der Waals surface area contributed by atoms with Crippen LogP contribution < -0.4 is 5.32 Å². The van der Waals surface area contributed by atoms with Crippen molar-refractivity contribution in [1.82, 2.24) is 4.98 Å². The molecule has 0 bridgehead atoms. The van der Waals surface area contributed by atoms with E-state index in [1.807, 2.05) is 0 Å². The Labute approximate surface area is 174 Å². The molecule has 3 aromatic rings. The molecule has 0 saturated carbocycles. The number of hydrogen-bond donors (Lipinski definition) is 1. The quantitative estimate of drug-likeness (QED) is 0.322. The first-order valence-electron chi connectivity index (χ1n) is 8.19. The van der Waals surface area contributed by atoms with E-state index >= 15 is 0 Å². The SMILES string of the molecule is CCS(=O)(=O)c1ccc2oc(SCC(=O)Nc3cc(Cl)ccc3[N+](=O)[O-])nc2c1. The number of hydrogen-bond acceptors (Lipinski definition) is 8. The number of thioether (sulfide) groups is 1. The molecule has 0 fully saturated rings. The maximum atomic E-state index is 12.2. The van der Waals surface area contributed by atoms with Gasteiger partial charge in [0.15, 0.2) is 15.4 Å². The van der Waals surface area contributed by atoms with Crippen LogP contribution in [0.2, 0.25) is 5.02 Å². The smallest absolute Gasteiger partial charge is 0.292 e. The van der Waals surface area contributed by atoms with Crippen molar-refractivity contribution in [3.8, 4) is 0 Å². The van der Waals surface area contributed by atoms with Gasteiger partial charge in [-0.15, -0.1) is 0 Å². The van der Waals surface area contributed by atoms with Crippen molar-refractivity contribution in [2.75, 3.05) is 16.8 Å². The Hall–Kier alpha value is -2.63. The number of anilines is 1. The second kappa shape index (κ2) is 8.39. The molecule has 0 aliphatic carbocycles. The summed E-state index contributed by atoms with van der Waals surface area (Å²) in [5.41, 5.74) is 0.445. The Balaban J connectivity index is 1.72. The predicted octanol–water partition coefficient (Wildman–Crippen LogP) is 3.91. The summed E-state index contributed by atoms with van der Waals surface area (Å²) in [5.74, 6) is -0.679. The van der Waals surface area contributed by atoms with Crippen LogP contribution in [0.25, 0.3) is 11.1 Å². The van der Waals surface area contributed by atoms with E-state index in [2.05, 4.69) is 10.3 Å². The molecule has 9 nitrogen and oxygen atoms in total. The molecule has 1 N–H and O–H groups in total. The minimum Gasteiger partial charge on any atom is -0.431 e. The zero-order valence-electron chi connectivity index (χ0n) is 14.9. The van der Waals surface area contributed by atoms with E-state index in [0.29, 0.717) is 11.1 Å². The monoisotopic (exact) mass is 455 g/mol. The maximum Gasteiger partial charge on any atom is 0.292 e. The fraction of sp³-hybridized carbons (Fsp3) is 0.176. The Morgan fingerprint density at radius 3 is 2.76 bits per heavy atom. The molecule has 1 aromatic heterocycles. The Morgan fingerprint density at radius 2 is 2.07 bits per heavy atom. The zero-order chi connectivity index (χ0) is 21.2. The van der Waals surface area contributed by atoms with Crippen LogP contribution in [0.15, 0.2) is 50.9 Å². The number of halogens is 1. The number of oxazole rings is 1. The van der Waals surface area contributed by atoms with Crippen molar-refractivity contribution >= 4 is 61.6 Å². The molecular weight excluding hydrogens is 442 g/mol. The minimum atomic E-state index is -3.37. The topological polar surface area (TPSA) is 132 Å². The number of carbonyl (C=O) groups excluding carboxylic acids is 1. The van der Waals surface area contributed by atoms with Gasteiger partial charge in [0.25, 0.3) is 10.9 Å². The van der Waals surface area contributed by atoms with Gasteiger partial charge >= 0.3 is 0 Å². The highest BCUT2D eigenvalue weighted by molar-refractivity contribution is 7.99. The summed E-state index contributed by atoms with van der Waals surface area (Å²) in [4.78, 5) is 26.9. The van der Waals surface area contributed by atoms with Crippen molar-refractivity contribution in [2.24, 2.45) is 0 Å². The van der Waals surface area contributed by atoms with Gasteiger partial charge in [0.05, 0.1) is 21.3 Å². The number of sulfone groups is 1. The van der Waals surface area contributed by atoms with E-state index in [1.54, 1.807) is 6.92 Å². The summed E-state index contributed by atoms with van der Waals surface area (Å²) in [5, 5.41) is 13.9. The summed E-state index contributed by atoms with van der Waals surface area (Å²) in [6.07, 6.45) is 0. The molecule has 0 atom stereocenters. The number of nitro groups is 1. The number of rotatable bonds is 7. The molecule has 1 heterocycles. The third-order valence-electron chi connectivity index (χ3n) is 3.83. The van der Waals surface area contributed by atoms with Crippen LogP contribution in [0.5, 0.6) is 0 Å². The molecule has 0 aliphatic heterocycles. The lowest BCUT2D eigenvalue weighted by atomic mass is 10.2. The first-order valence-corrected chi connectivity index (χ1v) is 11.2. The van der Waals surface area contributed by atoms with Gasteiger partial charge in [0, 0.05) is 11.1 Å². The normalized spacial score (nSPS) is 11.5. The van der Waals surface area contributed by atoms with Crippen LogP contribution >= 0.6 is 23.4 Å². The molecule has 152 valence electrons. The molecular formula is C17H14ClN3O6S2. The summed E-state index contributed by atoms with van der Waals surface area (Å²) < 4.78 is 29.4. The van der Waals surface area contributed by atoms with E-state index in [0.717, 1.165) is 11.8 Å². The molecule has 2 aromatic carbocycles. The average Bonchev–Trinajstić information content (AvgIpc) is 3.08. The lowest BCUT2D eigenvalue weighted by molar-refractivity contribution is -0.383. The number of nitrogens with zero attached hydrogens (tertiary/aromatic N) is 2. The lowest BCUT2D eigenvalue weighted by Crippen LogP contribution is -2.15. The molecule has 3 rings (SSSR count). The first-order chi connectivity index (χ1) is 13.7. The van der Waals surface area contributed by atoms with E-state index in [9.17, 15) is 23.3 Å². The highest BCUT2D eigenvalue weighted by atomic mass is 35.5. The number of benzene rings is 2. The molecule has 0 spiro atoms. The van der Waals surface area contributed by atoms with Gasteiger partial charge in [0.1, 0.15) is 11.2 Å². The van der Waals surface area contributed by atoms with Crippen LogP contribution in [-0.2, 0) is 14.6 Å². The number of nitrogens with one attached hydrogen (secondary N) is 1. The van der Waals surface area contributed by atoms with Crippen molar-refractivity contribution in [3.05, 3.63) is 51.5 Å². The van der Waals surface area contributed by atoms with Crippen molar-refractivity contribution in [2.45, 2.75) is 17.0 Å². The Bertz CT molecular complexity index is 1210. The number of fused-ring (bicyclic) bond motifs is 1. The highest BCUT2D eigenvalue weighted by Gasteiger charge is 2.18. The number of nitro benzene ring substituents is 1.